The Labute approximate surface area is 169 Å². The Bertz CT molecular complexity index is 943. The predicted octanol–water partition coefficient (Wildman–Crippen LogP) is 4.48. The van der Waals surface area contributed by atoms with Crippen molar-refractivity contribution in [2.75, 3.05) is 16.4 Å². The van der Waals surface area contributed by atoms with Gasteiger partial charge in [-0.25, -0.2) is 0 Å². The number of benzene rings is 1. The van der Waals surface area contributed by atoms with Gasteiger partial charge in [0.15, 0.2) is 4.34 Å². The van der Waals surface area contributed by atoms with E-state index < -0.39 is 0 Å². The van der Waals surface area contributed by atoms with Crippen LogP contribution in [0.3, 0.4) is 0 Å². The van der Waals surface area contributed by atoms with E-state index in [0.717, 1.165) is 11.3 Å². The van der Waals surface area contributed by atoms with Crippen molar-refractivity contribution in [3.05, 3.63) is 34.7 Å². The predicted molar refractivity (Wildman–Crippen MR) is 107 cm³/mol. The molecule has 0 radical (unpaired) electrons. The number of anilines is 3. The fraction of sp³-hybridized carbons (Fsp3) is 0.312. The van der Waals surface area contributed by atoms with Crippen molar-refractivity contribution in [3.8, 4) is 0 Å². The molecule has 2 aromatic heterocycles. The Morgan fingerprint density at radius 3 is 2.85 bits per heavy atom. The van der Waals surface area contributed by atoms with Crippen LogP contribution in [0, 0.1) is 6.92 Å². The summed E-state index contributed by atoms with van der Waals surface area (Å²) in [5, 5.41) is 22.9. The van der Waals surface area contributed by atoms with E-state index in [2.05, 4.69) is 31.0 Å². The molecule has 0 spiro atoms. The van der Waals surface area contributed by atoms with Gasteiger partial charge in [0.1, 0.15) is 0 Å². The molecule has 0 unspecified atom stereocenters. The van der Waals surface area contributed by atoms with E-state index >= 15 is 0 Å². The fourth-order valence-electron chi connectivity index (χ4n) is 1.98. The van der Waals surface area contributed by atoms with E-state index in [9.17, 15) is 4.79 Å². The SMILES string of the molecule is Cc1c(Cl)cccc1Nc1nnc(SCC(=O)Nc2nnc(C(C)C)o2)s1. The molecule has 3 aromatic rings. The van der Waals surface area contributed by atoms with Gasteiger partial charge < -0.3 is 9.73 Å². The molecule has 0 aliphatic carbocycles. The Balaban J connectivity index is 1.53. The highest BCUT2D eigenvalue weighted by Gasteiger charge is 2.14. The summed E-state index contributed by atoms with van der Waals surface area (Å²) in [6.07, 6.45) is 0. The molecule has 0 aliphatic rings. The first kappa shape index (κ1) is 19.6. The molecule has 0 saturated carbocycles. The standard InChI is InChI=1S/C16H17ClN6O2S2/c1-8(2)13-20-21-14(25-13)19-12(24)7-26-16-23-22-15(27-16)18-11-6-4-5-10(17)9(11)3/h4-6,8H,7H2,1-3H3,(H,18,22)(H,19,21,24). The summed E-state index contributed by atoms with van der Waals surface area (Å²) in [5.41, 5.74) is 1.80. The maximum atomic E-state index is 12.0. The van der Waals surface area contributed by atoms with Gasteiger partial charge in [-0.2, -0.15) is 0 Å². The van der Waals surface area contributed by atoms with Crippen molar-refractivity contribution in [3.63, 3.8) is 0 Å². The minimum Gasteiger partial charge on any atom is -0.408 e. The van der Waals surface area contributed by atoms with Crippen LogP contribution in [0.2, 0.25) is 5.02 Å². The minimum absolute atomic E-state index is 0.0975. The highest BCUT2D eigenvalue weighted by atomic mass is 35.5. The van der Waals surface area contributed by atoms with Crippen LogP contribution >= 0.6 is 34.7 Å². The van der Waals surface area contributed by atoms with Crippen LogP contribution in [-0.4, -0.2) is 32.1 Å². The van der Waals surface area contributed by atoms with Crippen LogP contribution in [0.4, 0.5) is 16.8 Å². The molecule has 11 heteroatoms. The van der Waals surface area contributed by atoms with Gasteiger partial charge in [0.25, 0.3) is 0 Å². The van der Waals surface area contributed by atoms with E-state index in [1.807, 2.05) is 39.0 Å². The summed E-state index contributed by atoms with van der Waals surface area (Å²) in [6, 6.07) is 5.70. The van der Waals surface area contributed by atoms with Crippen molar-refractivity contribution >= 4 is 57.4 Å². The number of halogens is 1. The topological polar surface area (TPSA) is 106 Å². The first-order valence-corrected chi connectivity index (χ1v) is 10.2. The first-order valence-electron chi connectivity index (χ1n) is 8.04. The van der Waals surface area contributed by atoms with Crippen LogP contribution in [0.5, 0.6) is 0 Å². The third kappa shape index (κ3) is 5.18. The number of hydrogen-bond acceptors (Lipinski definition) is 9. The van der Waals surface area contributed by atoms with Crippen LogP contribution in [0.15, 0.2) is 27.0 Å². The van der Waals surface area contributed by atoms with Gasteiger partial charge in [-0.1, -0.05) is 59.7 Å². The molecule has 1 amide bonds. The quantitative estimate of drug-likeness (QED) is 0.534. The van der Waals surface area contributed by atoms with Gasteiger partial charge >= 0.3 is 6.01 Å². The van der Waals surface area contributed by atoms with Gasteiger partial charge in [0, 0.05) is 16.6 Å². The summed E-state index contributed by atoms with van der Waals surface area (Å²) in [6.45, 7) is 5.79. The number of nitrogens with zero attached hydrogens (tertiary/aromatic N) is 4. The van der Waals surface area contributed by atoms with E-state index in [0.29, 0.717) is 20.4 Å². The van der Waals surface area contributed by atoms with Crippen molar-refractivity contribution < 1.29 is 9.21 Å². The molecule has 2 heterocycles. The van der Waals surface area contributed by atoms with E-state index in [-0.39, 0.29) is 23.6 Å². The average molecular weight is 425 g/mol. The number of thioether (sulfide) groups is 1. The number of carbonyl (C=O) groups excluding carboxylic acids is 1. The molecule has 0 fully saturated rings. The molecule has 3 rings (SSSR count). The highest BCUT2D eigenvalue weighted by Crippen LogP contribution is 2.30. The first-order chi connectivity index (χ1) is 12.9. The molecule has 1 aromatic carbocycles. The summed E-state index contributed by atoms with van der Waals surface area (Å²) in [4.78, 5) is 12.0. The molecule has 27 heavy (non-hydrogen) atoms. The smallest absolute Gasteiger partial charge is 0.322 e. The number of carbonyl (C=O) groups is 1. The normalized spacial score (nSPS) is 11.0. The average Bonchev–Trinajstić information content (AvgIpc) is 3.27. The van der Waals surface area contributed by atoms with E-state index in [4.69, 9.17) is 16.0 Å². The van der Waals surface area contributed by atoms with Crippen molar-refractivity contribution in [2.45, 2.75) is 31.0 Å². The number of nitrogens with one attached hydrogen (secondary N) is 2. The molecular weight excluding hydrogens is 408 g/mol. The third-order valence-corrected chi connectivity index (χ3v) is 5.80. The summed E-state index contributed by atoms with van der Waals surface area (Å²) >= 11 is 8.75. The molecular formula is C16H17ClN6O2S2. The van der Waals surface area contributed by atoms with Gasteiger partial charge in [0.2, 0.25) is 16.9 Å². The maximum absolute atomic E-state index is 12.0. The van der Waals surface area contributed by atoms with Gasteiger partial charge in [-0.3, -0.25) is 10.1 Å². The zero-order valence-corrected chi connectivity index (χ0v) is 17.2. The zero-order chi connectivity index (χ0) is 19.4. The Kier molecular flexibility index (Phi) is 6.30. The lowest BCUT2D eigenvalue weighted by Crippen LogP contribution is -2.14. The zero-order valence-electron chi connectivity index (χ0n) is 14.8. The van der Waals surface area contributed by atoms with Crippen LogP contribution in [-0.2, 0) is 4.79 Å². The van der Waals surface area contributed by atoms with Gasteiger partial charge in [-0.05, 0) is 24.6 Å². The van der Waals surface area contributed by atoms with E-state index in [1.54, 1.807) is 0 Å². The molecule has 2 N–H and O–H groups in total. The third-order valence-electron chi connectivity index (χ3n) is 3.42. The highest BCUT2D eigenvalue weighted by molar-refractivity contribution is 8.01. The van der Waals surface area contributed by atoms with Crippen LogP contribution < -0.4 is 10.6 Å². The lowest BCUT2D eigenvalue weighted by molar-refractivity contribution is -0.113. The number of rotatable bonds is 7. The van der Waals surface area contributed by atoms with Crippen LogP contribution in [0.25, 0.3) is 0 Å². The second kappa shape index (κ2) is 8.68. The second-order valence-electron chi connectivity index (χ2n) is 5.85. The fourth-order valence-corrected chi connectivity index (χ4v) is 3.72. The van der Waals surface area contributed by atoms with Crippen molar-refractivity contribution in [2.24, 2.45) is 0 Å². The van der Waals surface area contributed by atoms with Crippen molar-refractivity contribution in [1.29, 1.82) is 0 Å². The van der Waals surface area contributed by atoms with Gasteiger partial charge in [0.05, 0.1) is 5.75 Å². The molecule has 8 nitrogen and oxygen atoms in total. The number of amides is 1. The van der Waals surface area contributed by atoms with Gasteiger partial charge in [-0.15, -0.1) is 15.3 Å². The summed E-state index contributed by atoms with van der Waals surface area (Å²) < 4.78 is 6.02. The molecule has 0 saturated heterocycles. The number of hydrogen-bond donors (Lipinski definition) is 2. The number of aromatic nitrogens is 4. The summed E-state index contributed by atoms with van der Waals surface area (Å²) in [7, 11) is 0. The maximum Gasteiger partial charge on any atom is 0.322 e. The Hall–Kier alpha value is -2.17. The molecule has 0 atom stereocenters. The minimum atomic E-state index is -0.255. The monoisotopic (exact) mass is 424 g/mol. The lowest BCUT2D eigenvalue weighted by atomic mass is 10.2. The molecule has 0 bridgehead atoms. The molecule has 0 aliphatic heterocycles. The second-order valence-corrected chi connectivity index (χ2v) is 8.45. The Morgan fingerprint density at radius 1 is 1.30 bits per heavy atom. The lowest BCUT2D eigenvalue weighted by Gasteiger charge is -2.06. The Morgan fingerprint density at radius 2 is 2.11 bits per heavy atom. The molecule has 142 valence electrons. The van der Waals surface area contributed by atoms with Crippen LogP contribution in [0.1, 0.15) is 31.2 Å². The van der Waals surface area contributed by atoms with Crippen molar-refractivity contribution in [1.82, 2.24) is 20.4 Å². The summed E-state index contributed by atoms with van der Waals surface area (Å²) in [5.74, 6) is 0.487. The van der Waals surface area contributed by atoms with E-state index in [1.165, 1.54) is 23.1 Å². The largest absolute Gasteiger partial charge is 0.408 e.